The predicted molar refractivity (Wildman–Crippen MR) is 47.4 cm³/mol. The van der Waals surface area contributed by atoms with Gasteiger partial charge in [0.05, 0.1) is 5.69 Å². The zero-order valence-electron chi connectivity index (χ0n) is 6.61. The SMILES string of the molecule is C#Cc1cc(C(=O)O)c(O)cc1N. The molecule has 0 unspecified atom stereocenters. The van der Waals surface area contributed by atoms with Crippen LogP contribution in [-0.2, 0) is 0 Å². The number of terminal acetylenes is 1. The summed E-state index contributed by atoms with van der Waals surface area (Å²) in [6, 6.07) is 2.28. The molecule has 0 aliphatic heterocycles. The zero-order valence-corrected chi connectivity index (χ0v) is 6.61. The number of rotatable bonds is 1. The lowest BCUT2D eigenvalue weighted by Crippen LogP contribution is -2.00. The summed E-state index contributed by atoms with van der Waals surface area (Å²) in [6.07, 6.45) is 5.07. The lowest BCUT2D eigenvalue weighted by molar-refractivity contribution is 0.0694. The maximum atomic E-state index is 10.5. The second-order valence-corrected chi connectivity index (χ2v) is 2.41. The van der Waals surface area contributed by atoms with Gasteiger partial charge in [0.2, 0.25) is 0 Å². The summed E-state index contributed by atoms with van der Waals surface area (Å²) < 4.78 is 0. The van der Waals surface area contributed by atoms with Gasteiger partial charge in [-0.3, -0.25) is 0 Å². The third kappa shape index (κ3) is 1.54. The Balaban J connectivity index is 3.41. The number of nitrogen functional groups attached to an aromatic ring is 1. The Morgan fingerprint density at radius 2 is 2.15 bits per heavy atom. The van der Waals surface area contributed by atoms with E-state index in [9.17, 15) is 4.79 Å². The van der Waals surface area contributed by atoms with Crippen molar-refractivity contribution < 1.29 is 15.0 Å². The number of hydrogen-bond donors (Lipinski definition) is 3. The second-order valence-electron chi connectivity index (χ2n) is 2.41. The number of nitrogens with two attached hydrogens (primary N) is 1. The normalized spacial score (nSPS) is 9.15. The van der Waals surface area contributed by atoms with Gasteiger partial charge in [-0.05, 0) is 6.07 Å². The first-order valence-electron chi connectivity index (χ1n) is 3.38. The van der Waals surface area contributed by atoms with E-state index in [-0.39, 0.29) is 22.6 Å². The van der Waals surface area contributed by atoms with Crippen LogP contribution >= 0.6 is 0 Å². The Labute approximate surface area is 74.6 Å². The van der Waals surface area contributed by atoms with Gasteiger partial charge in [-0.15, -0.1) is 6.42 Å². The zero-order chi connectivity index (χ0) is 10.0. The second kappa shape index (κ2) is 3.07. The minimum atomic E-state index is -1.24. The highest BCUT2D eigenvalue weighted by Gasteiger charge is 2.11. The van der Waals surface area contributed by atoms with Gasteiger partial charge in [0.25, 0.3) is 0 Å². The van der Waals surface area contributed by atoms with Crippen molar-refractivity contribution in [1.29, 1.82) is 0 Å². The number of aromatic carboxylic acids is 1. The van der Waals surface area contributed by atoms with Gasteiger partial charge in [-0.2, -0.15) is 0 Å². The van der Waals surface area contributed by atoms with E-state index in [1.807, 2.05) is 0 Å². The number of anilines is 1. The number of benzene rings is 1. The van der Waals surface area contributed by atoms with Gasteiger partial charge in [0, 0.05) is 11.6 Å². The molecule has 1 aromatic rings. The Kier molecular flexibility index (Phi) is 2.11. The summed E-state index contributed by atoms with van der Waals surface area (Å²) in [6.45, 7) is 0. The van der Waals surface area contributed by atoms with Crippen LogP contribution in [0.3, 0.4) is 0 Å². The first kappa shape index (κ1) is 8.94. The molecule has 4 nitrogen and oxygen atoms in total. The first-order valence-corrected chi connectivity index (χ1v) is 3.38. The fourth-order valence-electron chi connectivity index (χ4n) is 0.901. The Hall–Kier alpha value is -2.15. The molecule has 13 heavy (non-hydrogen) atoms. The van der Waals surface area contributed by atoms with E-state index in [2.05, 4.69) is 5.92 Å². The average molecular weight is 177 g/mol. The number of phenols is 1. The molecular formula is C9H7NO3. The van der Waals surface area contributed by atoms with E-state index in [0.29, 0.717) is 0 Å². The van der Waals surface area contributed by atoms with Crippen LogP contribution in [0.15, 0.2) is 12.1 Å². The fourth-order valence-corrected chi connectivity index (χ4v) is 0.901. The maximum absolute atomic E-state index is 10.5. The van der Waals surface area contributed by atoms with Crippen molar-refractivity contribution in [1.82, 2.24) is 0 Å². The molecule has 0 atom stereocenters. The van der Waals surface area contributed by atoms with Crippen molar-refractivity contribution in [3.8, 4) is 18.1 Å². The molecule has 0 saturated heterocycles. The van der Waals surface area contributed by atoms with Crippen molar-refractivity contribution in [2.24, 2.45) is 0 Å². The van der Waals surface area contributed by atoms with Gasteiger partial charge < -0.3 is 15.9 Å². The van der Waals surface area contributed by atoms with Gasteiger partial charge in [0.1, 0.15) is 11.3 Å². The lowest BCUT2D eigenvalue weighted by atomic mass is 10.1. The smallest absolute Gasteiger partial charge is 0.339 e. The highest BCUT2D eigenvalue weighted by molar-refractivity contribution is 5.92. The molecule has 4 N–H and O–H groups in total. The molecule has 1 aromatic carbocycles. The number of carbonyl (C=O) groups is 1. The Morgan fingerprint density at radius 1 is 1.54 bits per heavy atom. The minimum absolute atomic E-state index is 0.185. The molecule has 4 heteroatoms. The van der Waals surface area contributed by atoms with Crippen molar-refractivity contribution >= 4 is 11.7 Å². The fraction of sp³-hybridized carbons (Fsp3) is 0. The molecule has 0 aliphatic carbocycles. The third-order valence-electron chi connectivity index (χ3n) is 1.55. The molecule has 0 saturated carbocycles. The molecule has 1 rings (SSSR count). The van der Waals surface area contributed by atoms with E-state index in [4.69, 9.17) is 22.4 Å². The number of aromatic hydroxyl groups is 1. The Bertz CT molecular complexity index is 404. The van der Waals surface area contributed by atoms with Crippen molar-refractivity contribution in [2.45, 2.75) is 0 Å². The predicted octanol–water partition coefficient (Wildman–Crippen LogP) is 0.654. The molecular weight excluding hydrogens is 170 g/mol. The van der Waals surface area contributed by atoms with E-state index >= 15 is 0 Å². The van der Waals surface area contributed by atoms with Crippen LogP contribution in [0, 0.1) is 12.3 Å². The Morgan fingerprint density at radius 3 is 2.62 bits per heavy atom. The van der Waals surface area contributed by atoms with E-state index in [0.717, 1.165) is 12.1 Å². The van der Waals surface area contributed by atoms with E-state index in [1.165, 1.54) is 0 Å². The lowest BCUT2D eigenvalue weighted by Gasteiger charge is -2.03. The van der Waals surface area contributed by atoms with Crippen LogP contribution in [0.25, 0.3) is 0 Å². The first-order chi connectivity index (χ1) is 6.06. The van der Waals surface area contributed by atoms with Crippen LogP contribution < -0.4 is 5.73 Å². The summed E-state index contributed by atoms with van der Waals surface area (Å²) in [4.78, 5) is 10.5. The van der Waals surface area contributed by atoms with Crippen LogP contribution in [0.2, 0.25) is 0 Å². The van der Waals surface area contributed by atoms with Crippen LogP contribution in [-0.4, -0.2) is 16.2 Å². The maximum Gasteiger partial charge on any atom is 0.339 e. The molecule has 0 aliphatic rings. The molecule has 0 radical (unpaired) electrons. The molecule has 0 heterocycles. The van der Waals surface area contributed by atoms with E-state index < -0.39 is 5.97 Å². The highest BCUT2D eigenvalue weighted by Crippen LogP contribution is 2.23. The summed E-state index contributed by atoms with van der Waals surface area (Å²) in [7, 11) is 0. The van der Waals surface area contributed by atoms with Crippen molar-refractivity contribution in [2.75, 3.05) is 5.73 Å². The highest BCUT2D eigenvalue weighted by atomic mass is 16.4. The van der Waals surface area contributed by atoms with Gasteiger partial charge in [0.15, 0.2) is 0 Å². The van der Waals surface area contributed by atoms with Gasteiger partial charge in [-0.1, -0.05) is 5.92 Å². The number of carboxylic acids is 1. The topological polar surface area (TPSA) is 83.5 Å². The quantitative estimate of drug-likeness (QED) is 0.434. The molecule has 0 aromatic heterocycles. The molecule has 0 fully saturated rings. The monoisotopic (exact) mass is 177 g/mol. The number of carboxylic acid groups (broad SMARTS) is 1. The van der Waals surface area contributed by atoms with Crippen molar-refractivity contribution in [3.63, 3.8) is 0 Å². The van der Waals surface area contributed by atoms with Crippen LogP contribution in [0.5, 0.6) is 5.75 Å². The summed E-state index contributed by atoms with van der Waals surface area (Å²) in [5.41, 5.74) is 5.60. The summed E-state index contributed by atoms with van der Waals surface area (Å²) >= 11 is 0. The average Bonchev–Trinajstić information content (AvgIpc) is 2.03. The minimum Gasteiger partial charge on any atom is -0.507 e. The van der Waals surface area contributed by atoms with Gasteiger partial charge >= 0.3 is 5.97 Å². The van der Waals surface area contributed by atoms with Gasteiger partial charge in [-0.25, -0.2) is 4.79 Å². The largest absolute Gasteiger partial charge is 0.507 e. The number of hydrogen-bond acceptors (Lipinski definition) is 3. The van der Waals surface area contributed by atoms with E-state index in [1.54, 1.807) is 0 Å². The standard InChI is InChI=1S/C9H7NO3/c1-2-5-3-6(9(12)13)8(11)4-7(5)10/h1,3-4,11H,10H2,(H,12,13). The van der Waals surface area contributed by atoms with Crippen molar-refractivity contribution in [3.05, 3.63) is 23.3 Å². The molecule has 0 spiro atoms. The molecule has 66 valence electrons. The summed E-state index contributed by atoms with van der Waals surface area (Å²) in [5, 5.41) is 17.8. The summed E-state index contributed by atoms with van der Waals surface area (Å²) in [5.74, 6) is 0.591. The van der Waals surface area contributed by atoms with Crippen LogP contribution in [0.4, 0.5) is 5.69 Å². The molecule has 0 bridgehead atoms. The van der Waals surface area contributed by atoms with Crippen LogP contribution in [0.1, 0.15) is 15.9 Å². The molecule has 0 amide bonds. The third-order valence-corrected chi connectivity index (χ3v) is 1.55.